The van der Waals surface area contributed by atoms with Gasteiger partial charge in [0, 0.05) is 76.5 Å². The van der Waals surface area contributed by atoms with Crippen LogP contribution in [0.15, 0.2) is 0 Å². The van der Waals surface area contributed by atoms with Crippen molar-refractivity contribution >= 4 is 34.7 Å². The molecule has 2 saturated carbocycles. The zero-order valence-electron chi connectivity index (χ0n) is 50.7. The monoisotopic (exact) mass is 1380 g/mol. The molecule has 0 aromatic rings. The van der Waals surface area contributed by atoms with Crippen molar-refractivity contribution in [3.63, 3.8) is 0 Å². The Labute approximate surface area is 545 Å². The third-order valence-corrected chi connectivity index (χ3v) is 18.8. The third kappa shape index (κ3) is 17.4. The minimum Gasteiger partial charge on any atom is -0.389 e. The summed E-state index contributed by atoms with van der Waals surface area (Å²) < 4.78 is 73.0. The Bertz CT molecular complexity index is 2200. The maximum atomic E-state index is 11.9. The van der Waals surface area contributed by atoms with Crippen molar-refractivity contribution < 1.29 is 118 Å². The number of ether oxygens (including phenoxy) is 12. The Hall–Kier alpha value is -2.06. The zero-order valence-corrected chi connectivity index (χ0v) is 52.4. The minimum absolute atomic E-state index is 0.0125. The summed E-state index contributed by atoms with van der Waals surface area (Å²) in [7, 11) is 0. The van der Waals surface area contributed by atoms with Crippen LogP contribution in [-0.2, 0) is 56.8 Å². The lowest BCUT2D eigenvalue weighted by Crippen LogP contribution is -2.68. The summed E-state index contributed by atoms with van der Waals surface area (Å²) in [5.41, 5.74) is 73.7. The van der Waals surface area contributed by atoms with Gasteiger partial charge >= 0.3 is 0 Å². The highest BCUT2D eigenvalue weighted by Crippen LogP contribution is 2.37. The maximum Gasteiger partial charge on any atom is 0.187 e. The highest BCUT2D eigenvalue weighted by Gasteiger charge is 2.57. The third-order valence-electron chi connectivity index (χ3n) is 18.2. The number of thiocarbonyl (C=S) groups is 2. The van der Waals surface area contributed by atoms with E-state index < -0.39 is 233 Å². The SMILES string of the molecule is NCC1O[C@@H](OC2C(N)CC(N)[C@H](O)C2O[C@@H]2O[C@H](CNC(=S)NCCCNC(=S)NC[C@H]3O[C@@H](O[C@H]4C(O[C@@H]5OC(CN)C(O)[C@H](O)C5N)C(N)C[C@@H](N)C4O)C(O)[C@H]3O[C@H]3O[C@@H](CN)C(O)C(O)C3N)C(O[C@@H]3O[C@H](CN)C(O)C(O)C3N)C2O)C(N)[C@@H](O)C1O. The lowest BCUT2D eigenvalue weighted by molar-refractivity contribution is -0.306. The molecule has 40 nitrogen and oxygen atoms in total. The highest BCUT2D eigenvalue weighted by atomic mass is 32.1. The minimum atomic E-state index is -1.71. The summed E-state index contributed by atoms with van der Waals surface area (Å²) in [4.78, 5) is 0. The van der Waals surface area contributed by atoms with Gasteiger partial charge in [0.25, 0.3) is 0 Å². The summed E-state index contributed by atoms with van der Waals surface area (Å²) >= 11 is 11.2. The molecular formula is C51H100N16O24S2. The van der Waals surface area contributed by atoms with Crippen molar-refractivity contribution in [3.05, 3.63) is 0 Å². The van der Waals surface area contributed by atoms with Crippen LogP contribution in [0.5, 0.6) is 0 Å². The van der Waals surface area contributed by atoms with E-state index in [4.69, 9.17) is 150 Å². The van der Waals surface area contributed by atoms with Crippen molar-refractivity contribution in [1.29, 1.82) is 0 Å². The molecular weight excluding hydrogens is 1280 g/mol. The van der Waals surface area contributed by atoms with Crippen LogP contribution in [0.2, 0.25) is 0 Å². The summed E-state index contributed by atoms with van der Waals surface area (Å²) in [6.45, 7) is -0.837. The molecule has 38 atom stereocenters. The molecule has 0 radical (unpaired) electrons. The van der Waals surface area contributed by atoms with Crippen LogP contribution in [-0.4, -0.2) is 356 Å². The molecule has 0 bridgehead atoms. The van der Waals surface area contributed by atoms with E-state index in [2.05, 4.69) is 21.3 Å². The molecule has 6 saturated heterocycles. The first-order valence-corrected chi connectivity index (χ1v) is 31.8. The van der Waals surface area contributed by atoms with Crippen molar-refractivity contribution in [2.75, 3.05) is 52.4 Å². The van der Waals surface area contributed by atoms with E-state index in [1.807, 2.05) is 0 Å². The lowest BCUT2D eigenvalue weighted by Gasteiger charge is -2.47. The first-order chi connectivity index (χ1) is 44.0. The van der Waals surface area contributed by atoms with Gasteiger partial charge in [-0.3, -0.25) is 0 Å². The van der Waals surface area contributed by atoms with Crippen LogP contribution in [0.4, 0.5) is 0 Å². The van der Waals surface area contributed by atoms with E-state index in [1.54, 1.807) is 0 Å². The standard InChI is InChI=1S/C51H100N16O24S2/c52-6-16-28(70)32(74)22(60)44(80-16)86-38-14(58)4-12(56)26(68)42(38)90-48-36(78)40(88-46-24(62)34(76)30(72)18(8-54)82-46)20(84-48)10-66-50(92)64-2-1-3-65-51(93)67-11-21-41(89-47-25(63)35(77)31(73)19(9-55)83-47)37(79)49(85-21)91-43-27(69)13(57)5-15(59)39(43)87-45-23(61)33(75)29(71)17(7-53)81-45/h12-49,68-79H,1-11,52-63H2,(H2,64,66,92)(H2,65,67,93)/t12-,13?,14?,15?,16?,17?,18+,19-,20-,21-,22?,23?,24?,25?,26?,27+,28?,29?,30?,31?,32-,33-,34?,35?,36?,37?,38?,39?,40+,41?,42-,43?,44+,45+,46-,47+,48+,49+/m1/s1. The summed E-state index contributed by atoms with van der Waals surface area (Å²) in [5, 5.41) is 144. The number of nitrogens with one attached hydrogen (secondary N) is 4. The van der Waals surface area contributed by atoms with Gasteiger partial charge < -0.3 is 208 Å². The van der Waals surface area contributed by atoms with Gasteiger partial charge in [-0.15, -0.1) is 0 Å². The molecule has 8 rings (SSSR count). The molecule has 93 heavy (non-hydrogen) atoms. The number of aliphatic hydroxyl groups is 12. The maximum absolute atomic E-state index is 11.9. The van der Waals surface area contributed by atoms with Crippen molar-refractivity contribution in [1.82, 2.24) is 21.3 Å². The van der Waals surface area contributed by atoms with Gasteiger partial charge in [-0.25, -0.2) is 0 Å². The van der Waals surface area contributed by atoms with Gasteiger partial charge in [-0.1, -0.05) is 0 Å². The molecule has 6 aliphatic heterocycles. The lowest BCUT2D eigenvalue weighted by atomic mass is 9.84. The molecule has 0 aromatic heterocycles. The van der Waals surface area contributed by atoms with Crippen LogP contribution < -0.4 is 90.1 Å². The smallest absolute Gasteiger partial charge is 0.187 e. The van der Waals surface area contributed by atoms with Gasteiger partial charge in [0.15, 0.2) is 48.0 Å². The topological polar surface area (TPSA) is 714 Å². The molecule has 0 aromatic carbocycles. The van der Waals surface area contributed by atoms with Crippen LogP contribution >= 0.6 is 24.4 Å². The molecule has 40 N–H and O–H groups in total. The number of nitrogens with two attached hydrogens (primary N) is 12. The van der Waals surface area contributed by atoms with Gasteiger partial charge in [-0.05, 0) is 43.7 Å². The predicted octanol–water partition coefficient (Wildman–Crippen LogP) is -17.4. The molecule has 22 unspecified atom stereocenters. The fourth-order valence-electron chi connectivity index (χ4n) is 12.5. The predicted molar refractivity (Wildman–Crippen MR) is 324 cm³/mol. The summed E-state index contributed by atoms with van der Waals surface area (Å²) in [6, 6.07) is -9.18. The molecule has 0 spiro atoms. The zero-order chi connectivity index (χ0) is 68.2. The van der Waals surface area contributed by atoms with E-state index in [1.165, 1.54) is 0 Å². The normalized spacial score (nSPS) is 49.7. The van der Waals surface area contributed by atoms with Crippen molar-refractivity contribution in [2.45, 2.75) is 252 Å². The average molecular weight is 1390 g/mol. The number of rotatable bonds is 24. The average Bonchev–Trinajstić information content (AvgIpc) is 1.80. The Morgan fingerprint density at radius 1 is 0.312 bits per heavy atom. The van der Waals surface area contributed by atoms with Crippen molar-refractivity contribution in [3.8, 4) is 0 Å². The van der Waals surface area contributed by atoms with E-state index in [0.717, 1.165) is 0 Å². The Balaban J connectivity index is 0.876. The number of hydrogen-bond acceptors (Lipinski definition) is 38. The molecule has 42 heteroatoms. The Kier molecular flexibility index (Phi) is 27.9. The fourth-order valence-corrected chi connectivity index (χ4v) is 12.9. The first-order valence-electron chi connectivity index (χ1n) is 31.0. The largest absolute Gasteiger partial charge is 0.389 e. The Morgan fingerprint density at radius 2 is 0.570 bits per heavy atom. The molecule has 0 amide bonds. The van der Waals surface area contributed by atoms with Gasteiger partial charge in [0.2, 0.25) is 0 Å². The second-order valence-electron chi connectivity index (χ2n) is 24.8. The van der Waals surface area contributed by atoms with Crippen LogP contribution in [0.3, 0.4) is 0 Å². The second-order valence-corrected chi connectivity index (χ2v) is 25.6. The molecule has 8 fully saturated rings. The highest BCUT2D eigenvalue weighted by molar-refractivity contribution is 7.80. The Morgan fingerprint density at radius 3 is 0.849 bits per heavy atom. The molecule has 6 heterocycles. The quantitative estimate of drug-likeness (QED) is 0.0315. The van der Waals surface area contributed by atoms with Crippen molar-refractivity contribution in [2.24, 2.45) is 68.8 Å². The second kappa shape index (κ2) is 33.9. The summed E-state index contributed by atoms with van der Waals surface area (Å²) in [6.07, 6.45) is -42.1. The van der Waals surface area contributed by atoms with Crippen LogP contribution in [0, 0.1) is 0 Å². The molecule has 2 aliphatic carbocycles. The van der Waals surface area contributed by atoms with E-state index in [-0.39, 0.29) is 75.4 Å². The number of hydrogen-bond donors (Lipinski definition) is 28. The number of aliphatic hydroxyl groups excluding tert-OH is 12. The van der Waals surface area contributed by atoms with Gasteiger partial charge in [0.05, 0.1) is 36.4 Å². The fraction of sp³-hybridized carbons (Fsp3) is 0.961. The first kappa shape index (κ1) is 76.7. The molecule has 8 aliphatic rings. The van der Waals surface area contributed by atoms with E-state index in [9.17, 15) is 61.3 Å². The van der Waals surface area contributed by atoms with Crippen LogP contribution in [0.1, 0.15) is 19.3 Å². The van der Waals surface area contributed by atoms with Crippen LogP contribution in [0.25, 0.3) is 0 Å². The van der Waals surface area contributed by atoms with E-state index in [0.29, 0.717) is 6.42 Å². The molecule has 540 valence electrons. The van der Waals surface area contributed by atoms with E-state index >= 15 is 0 Å². The van der Waals surface area contributed by atoms with Gasteiger partial charge in [-0.2, -0.15) is 0 Å². The van der Waals surface area contributed by atoms with Gasteiger partial charge in [0.1, 0.15) is 134 Å². The summed E-state index contributed by atoms with van der Waals surface area (Å²) in [5.74, 6) is 0.